The van der Waals surface area contributed by atoms with E-state index in [1.165, 1.54) is 7.11 Å². The third-order valence-electron chi connectivity index (χ3n) is 4.27. The highest BCUT2D eigenvalue weighted by atomic mass is 16.5. The van der Waals surface area contributed by atoms with Gasteiger partial charge in [-0.1, -0.05) is 6.07 Å². The van der Waals surface area contributed by atoms with Crippen LogP contribution >= 0.6 is 0 Å². The third kappa shape index (κ3) is 3.88. The van der Waals surface area contributed by atoms with E-state index in [1.54, 1.807) is 6.07 Å². The smallest absolute Gasteiger partial charge is 0.306 e. The van der Waals surface area contributed by atoms with Crippen LogP contribution in [0.5, 0.6) is 11.5 Å². The van der Waals surface area contributed by atoms with Gasteiger partial charge in [0.25, 0.3) is 0 Å². The molecule has 1 aliphatic carbocycles. The number of phenolic OH excluding ortho intramolecular Hbond substituents is 1. The number of phenols is 1. The van der Waals surface area contributed by atoms with Gasteiger partial charge in [0.1, 0.15) is 0 Å². The van der Waals surface area contributed by atoms with Gasteiger partial charge in [-0.15, -0.1) is 0 Å². The van der Waals surface area contributed by atoms with Crippen LogP contribution in [0.15, 0.2) is 18.2 Å². The zero-order chi connectivity index (χ0) is 15.4. The van der Waals surface area contributed by atoms with Gasteiger partial charge in [-0.25, -0.2) is 0 Å². The molecule has 0 bridgehead atoms. The Hall–Kier alpha value is -1.75. The van der Waals surface area contributed by atoms with E-state index in [1.807, 2.05) is 12.1 Å². The largest absolute Gasteiger partial charge is 0.504 e. The molecule has 0 amide bonds. The second kappa shape index (κ2) is 6.80. The van der Waals surface area contributed by atoms with Crippen LogP contribution in [0.2, 0.25) is 0 Å². The minimum Gasteiger partial charge on any atom is -0.504 e. The molecule has 2 rings (SSSR count). The lowest BCUT2D eigenvalue weighted by Crippen LogP contribution is -2.36. The van der Waals surface area contributed by atoms with Crippen molar-refractivity contribution < 1.29 is 19.7 Å². The van der Waals surface area contributed by atoms with E-state index in [9.17, 15) is 9.90 Å². The molecule has 0 aliphatic heterocycles. The first-order chi connectivity index (χ1) is 10.0. The molecule has 1 atom stereocenters. The molecular formula is C16H23NO4. The zero-order valence-electron chi connectivity index (χ0n) is 12.5. The Kier molecular flexibility index (Phi) is 5.07. The topological polar surface area (TPSA) is 78.8 Å². The fourth-order valence-electron chi connectivity index (χ4n) is 2.92. The van der Waals surface area contributed by atoms with Crippen LogP contribution in [0.1, 0.15) is 44.2 Å². The number of ether oxygens (including phenoxy) is 1. The van der Waals surface area contributed by atoms with Gasteiger partial charge in [-0.3, -0.25) is 4.79 Å². The molecule has 0 heterocycles. The fraction of sp³-hybridized carbons (Fsp3) is 0.562. The molecule has 1 saturated carbocycles. The van der Waals surface area contributed by atoms with Crippen LogP contribution in [0.3, 0.4) is 0 Å². The Bertz CT molecular complexity index is 495. The summed E-state index contributed by atoms with van der Waals surface area (Å²) in [5, 5.41) is 22.2. The lowest BCUT2D eigenvalue weighted by atomic mass is 9.85. The molecule has 116 valence electrons. The highest BCUT2D eigenvalue weighted by Gasteiger charge is 2.26. The molecule has 5 heteroatoms. The lowest BCUT2D eigenvalue weighted by Gasteiger charge is -2.29. The summed E-state index contributed by atoms with van der Waals surface area (Å²) in [6, 6.07) is 5.81. The number of hydrogen-bond donors (Lipinski definition) is 3. The maximum Gasteiger partial charge on any atom is 0.306 e. The summed E-state index contributed by atoms with van der Waals surface area (Å²) in [5.74, 6) is -0.261. The second-order valence-electron chi connectivity index (χ2n) is 5.71. The first-order valence-corrected chi connectivity index (χ1v) is 7.37. The number of hydrogen-bond acceptors (Lipinski definition) is 4. The van der Waals surface area contributed by atoms with Crippen molar-refractivity contribution >= 4 is 5.97 Å². The monoisotopic (exact) mass is 293 g/mol. The molecular weight excluding hydrogens is 270 g/mol. The van der Waals surface area contributed by atoms with E-state index in [4.69, 9.17) is 9.84 Å². The van der Waals surface area contributed by atoms with Crippen LogP contribution in [-0.4, -0.2) is 29.3 Å². The summed E-state index contributed by atoms with van der Waals surface area (Å²) >= 11 is 0. The Morgan fingerprint density at radius 3 is 2.57 bits per heavy atom. The Labute approximate surface area is 124 Å². The summed E-state index contributed by atoms with van der Waals surface area (Å²) in [6.45, 7) is 2.06. The van der Waals surface area contributed by atoms with E-state index in [0.29, 0.717) is 11.8 Å². The van der Waals surface area contributed by atoms with Crippen molar-refractivity contribution in [2.45, 2.75) is 44.7 Å². The van der Waals surface area contributed by atoms with Crippen LogP contribution < -0.4 is 10.1 Å². The predicted molar refractivity (Wildman–Crippen MR) is 79.6 cm³/mol. The molecule has 1 aromatic carbocycles. The quantitative estimate of drug-likeness (QED) is 0.778. The fourth-order valence-corrected chi connectivity index (χ4v) is 2.92. The van der Waals surface area contributed by atoms with E-state index in [0.717, 1.165) is 31.2 Å². The molecule has 3 N–H and O–H groups in total. The van der Waals surface area contributed by atoms with Gasteiger partial charge in [0.15, 0.2) is 11.5 Å². The molecule has 21 heavy (non-hydrogen) atoms. The zero-order valence-corrected chi connectivity index (χ0v) is 12.5. The van der Waals surface area contributed by atoms with Gasteiger partial charge in [0, 0.05) is 12.1 Å². The number of benzene rings is 1. The van der Waals surface area contributed by atoms with E-state index >= 15 is 0 Å². The van der Waals surface area contributed by atoms with E-state index < -0.39 is 5.97 Å². The molecule has 0 saturated heterocycles. The number of methoxy groups -OCH3 is 1. The summed E-state index contributed by atoms with van der Waals surface area (Å²) in [4.78, 5) is 10.9. The molecule has 0 radical (unpaired) electrons. The normalized spacial score (nSPS) is 23.5. The van der Waals surface area contributed by atoms with Crippen LogP contribution in [0, 0.1) is 5.92 Å². The Morgan fingerprint density at radius 2 is 2.00 bits per heavy atom. The van der Waals surface area contributed by atoms with Crippen molar-refractivity contribution in [3.63, 3.8) is 0 Å². The first kappa shape index (κ1) is 15.6. The standard InChI is InChI=1S/C16H23NO4/c1-10(12-5-8-14(18)15(9-12)21-2)17-13-6-3-11(4-7-13)16(19)20/h5,8-11,13,17-18H,3-4,6-7H2,1-2H3,(H,19,20). The van der Waals surface area contributed by atoms with Crippen molar-refractivity contribution in [3.05, 3.63) is 23.8 Å². The molecule has 0 aromatic heterocycles. The number of aromatic hydroxyl groups is 1. The van der Waals surface area contributed by atoms with Crippen LogP contribution in [0.4, 0.5) is 0 Å². The number of nitrogens with one attached hydrogen (secondary N) is 1. The molecule has 5 nitrogen and oxygen atoms in total. The SMILES string of the molecule is COc1cc(C(C)NC2CCC(C(=O)O)CC2)ccc1O. The highest BCUT2D eigenvalue weighted by molar-refractivity contribution is 5.70. The Morgan fingerprint density at radius 1 is 1.33 bits per heavy atom. The summed E-state index contributed by atoms with van der Waals surface area (Å²) in [7, 11) is 1.53. The second-order valence-corrected chi connectivity index (χ2v) is 5.71. The van der Waals surface area contributed by atoms with Crippen molar-refractivity contribution in [2.24, 2.45) is 5.92 Å². The van der Waals surface area contributed by atoms with Gasteiger partial charge in [-0.05, 0) is 50.3 Å². The average Bonchev–Trinajstić information content (AvgIpc) is 2.48. The van der Waals surface area contributed by atoms with Crippen molar-refractivity contribution in [2.75, 3.05) is 7.11 Å². The number of carbonyl (C=O) groups is 1. The van der Waals surface area contributed by atoms with Crippen molar-refractivity contribution in [1.82, 2.24) is 5.32 Å². The highest BCUT2D eigenvalue weighted by Crippen LogP contribution is 2.30. The number of rotatable bonds is 5. The van der Waals surface area contributed by atoms with Crippen LogP contribution in [-0.2, 0) is 4.79 Å². The maximum absolute atomic E-state index is 10.9. The van der Waals surface area contributed by atoms with Crippen LogP contribution in [0.25, 0.3) is 0 Å². The van der Waals surface area contributed by atoms with E-state index in [-0.39, 0.29) is 17.7 Å². The van der Waals surface area contributed by atoms with Crippen molar-refractivity contribution in [1.29, 1.82) is 0 Å². The molecule has 1 unspecified atom stereocenters. The van der Waals surface area contributed by atoms with Gasteiger partial charge >= 0.3 is 5.97 Å². The number of carboxylic acid groups (broad SMARTS) is 1. The van der Waals surface area contributed by atoms with Gasteiger partial charge < -0.3 is 20.3 Å². The molecule has 1 aliphatic rings. The first-order valence-electron chi connectivity index (χ1n) is 7.37. The maximum atomic E-state index is 10.9. The van der Waals surface area contributed by atoms with Gasteiger partial charge in [-0.2, -0.15) is 0 Å². The minimum atomic E-state index is -0.676. The number of aliphatic carboxylic acids is 1. The van der Waals surface area contributed by atoms with E-state index in [2.05, 4.69) is 12.2 Å². The Balaban J connectivity index is 1.93. The molecule has 1 fully saturated rings. The molecule has 1 aromatic rings. The summed E-state index contributed by atoms with van der Waals surface area (Å²) in [5.41, 5.74) is 1.05. The third-order valence-corrected chi connectivity index (χ3v) is 4.27. The summed E-state index contributed by atoms with van der Waals surface area (Å²) in [6.07, 6.45) is 3.24. The van der Waals surface area contributed by atoms with Crippen molar-refractivity contribution in [3.8, 4) is 11.5 Å². The predicted octanol–water partition coefficient (Wildman–Crippen LogP) is 2.69. The van der Waals surface area contributed by atoms with Gasteiger partial charge in [0.2, 0.25) is 0 Å². The molecule has 0 spiro atoms. The minimum absolute atomic E-state index is 0.130. The number of carboxylic acids is 1. The lowest BCUT2D eigenvalue weighted by molar-refractivity contribution is -0.142. The summed E-state index contributed by atoms with van der Waals surface area (Å²) < 4.78 is 5.12. The van der Waals surface area contributed by atoms with Gasteiger partial charge in [0.05, 0.1) is 13.0 Å². The average molecular weight is 293 g/mol.